The van der Waals surface area contributed by atoms with Gasteiger partial charge in [0.25, 0.3) is 0 Å². The first-order valence-electron chi connectivity index (χ1n) is 8.75. The van der Waals surface area contributed by atoms with E-state index in [0.717, 1.165) is 12.2 Å². The highest BCUT2D eigenvalue weighted by atomic mass is 16.5. The first kappa shape index (κ1) is 17.2. The highest BCUT2D eigenvalue weighted by Crippen LogP contribution is 2.23. The normalized spacial score (nSPS) is 12.1. The minimum Gasteiger partial charge on any atom is -0.497 e. The predicted molar refractivity (Wildman–Crippen MR) is 104 cm³/mol. The minimum atomic E-state index is 0.183. The molecule has 0 amide bonds. The van der Waals surface area contributed by atoms with Crippen molar-refractivity contribution in [3.63, 3.8) is 0 Å². The Labute approximate surface area is 150 Å². The Bertz CT molecular complexity index is 731. The summed E-state index contributed by atoms with van der Waals surface area (Å²) in [5.41, 5.74) is 3.84. The predicted octanol–water partition coefficient (Wildman–Crippen LogP) is 5.01. The largest absolute Gasteiger partial charge is 0.497 e. The number of rotatable bonds is 7. The van der Waals surface area contributed by atoms with Gasteiger partial charge in [-0.15, -0.1) is 0 Å². The number of hydrogen-bond acceptors (Lipinski definition) is 2. The molecule has 25 heavy (non-hydrogen) atoms. The molecule has 0 spiro atoms. The molecule has 0 fully saturated rings. The van der Waals surface area contributed by atoms with E-state index < -0.39 is 0 Å². The SMILES string of the molecule is COc1cccc(CC(C)NC(c2ccccc2)c2ccccc2)c1. The van der Waals surface area contributed by atoms with Gasteiger partial charge >= 0.3 is 0 Å². The van der Waals surface area contributed by atoms with Crippen LogP contribution in [0.25, 0.3) is 0 Å². The highest BCUT2D eigenvalue weighted by Gasteiger charge is 2.16. The van der Waals surface area contributed by atoms with Crippen molar-refractivity contribution < 1.29 is 4.74 Å². The summed E-state index contributed by atoms with van der Waals surface area (Å²) >= 11 is 0. The second kappa shape index (κ2) is 8.50. The first-order chi connectivity index (χ1) is 12.3. The Kier molecular flexibility index (Phi) is 5.86. The third-order valence-electron chi connectivity index (χ3n) is 4.39. The van der Waals surface area contributed by atoms with Crippen LogP contribution in [0.3, 0.4) is 0 Å². The smallest absolute Gasteiger partial charge is 0.119 e. The molecule has 0 saturated heterocycles. The van der Waals surface area contributed by atoms with Crippen molar-refractivity contribution in [1.29, 1.82) is 0 Å². The monoisotopic (exact) mass is 331 g/mol. The van der Waals surface area contributed by atoms with Crippen molar-refractivity contribution in [2.75, 3.05) is 7.11 Å². The zero-order valence-corrected chi connectivity index (χ0v) is 14.9. The van der Waals surface area contributed by atoms with Crippen LogP contribution in [0.2, 0.25) is 0 Å². The molecule has 1 N–H and O–H groups in total. The van der Waals surface area contributed by atoms with Gasteiger partial charge in [-0.05, 0) is 42.2 Å². The fraction of sp³-hybridized carbons (Fsp3) is 0.217. The fourth-order valence-electron chi connectivity index (χ4n) is 3.17. The second-order valence-corrected chi connectivity index (χ2v) is 6.38. The van der Waals surface area contributed by atoms with Crippen LogP contribution in [0.1, 0.15) is 29.7 Å². The van der Waals surface area contributed by atoms with Crippen LogP contribution in [-0.4, -0.2) is 13.2 Å². The Balaban J connectivity index is 1.78. The Morgan fingerprint density at radius 2 is 1.40 bits per heavy atom. The van der Waals surface area contributed by atoms with Crippen LogP contribution in [0.15, 0.2) is 84.9 Å². The van der Waals surface area contributed by atoms with E-state index in [2.05, 4.69) is 85.0 Å². The molecule has 0 radical (unpaired) electrons. The topological polar surface area (TPSA) is 21.3 Å². The number of methoxy groups -OCH3 is 1. The third kappa shape index (κ3) is 4.71. The van der Waals surface area contributed by atoms with Gasteiger partial charge in [-0.25, -0.2) is 0 Å². The second-order valence-electron chi connectivity index (χ2n) is 6.38. The van der Waals surface area contributed by atoms with E-state index in [1.54, 1.807) is 7.11 Å². The molecular weight excluding hydrogens is 306 g/mol. The third-order valence-corrected chi connectivity index (χ3v) is 4.39. The maximum atomic E-state index is 5.34. The summed E-state index contributed by atoms with van der Waals surface area (Å²) in [5, 5.41) is 3.79. The Morgan fingerprint density at radius 3 is 1.96 bits per heavy atom. The van der Waals surface area contributed by atoms with Crippen molar-refractivity contribution in [2.24, 2.45) is 0 Å². The van der Waals surface area contributed by atoms with E-state index in [1.165, 1.54) is 16.7 Å². The molecule has 3 aromatic rings. The quantitative estimate of drug-likeness (QED) is 0.657. The van der Waals surface area contributed by atoms with E-state index in [4.69, 9.17) is 4.74 Å². The lowest BCUT2D eigenvalue weighted by Crippen LogP contribution is -2.32. The molecule has 1 atom stereocenters. The van der Waals surface area contributed by atoms with Crippen molar-refractivity contribution in [1.82, 2.24) is 5.32 Å². The van der Waals surface area contributed by atoms with E-state index in [0.29, 0.717) is 6.04 Å². The van der Waals surface area contributed by atoms with Gasteiger partial charge in [0.05, 0.1) is 13.2 Å². The van der Waals surface area contributed by atoms with Crippen LogP contribution in [0, 0.1) is 0 Å². The molecule has 2 nitrogen and oxygen atoms in total. The minimum absolute atomic E-state index is 0.183. The summed E-state index contributed by atoms with van der Waals surface area (Å²) in [6.45, 7) is 2.23. The molecule has 3 rings (SSSR count). The molecule has 0 saturated carbocycles. The number of ether oxygens (including phenoxy) is 1. The van der Waals surface area contributed by atoms with E-state index >= 15 is 0 Å². The van der Waals surface area contributed by atoms with Gasteiger partial charge in [0.15, 0.2) is 0 Å². The summed E-state index contributed by atoms with van der Waals surface area (Å²) in [5.74, 6) is 0.910. The van der Waals surface area contributed by atoms with E-state index in [-0.39, 0.29) is 6.04 Å². The lowest BCUT2D eigenvalue weighted by Gasteiger charge is -2.24. The lowest BCUT2D eigenvalue weighted by molar-refractivity contribution is 0.413. The molecule has 0 bridgehead atoms. The van der Waals surface area contributed by atoms with Gasteiger partial charge in [-0.2, -0.15) is 0 Å². The molecule has 1 unspecified atom stereocenters. The van der Waals surface area contributed by atoms with Gasteiger partial charge < -0.3 is 10.1 Å². The van der Waals surface area contributed by atoms with Gasteiger partial charge in [0.1, 0.15) is 5.75 Å². The number of hydrogen-bond donors (Lipinski definition) is 1. The summed E-state index contributed by atoms with van der Waals surface area (Å²) in [7, 11) is 1.71. The molecular formula is C23H25NO. The number of nitrogens with one attached hydrogen (secondary N) is 1. The van der Waals surface area contributed by atoms with Crippen LogP contribution in [0.4, 0.5) is 0 Å². The summed E-state index contributed by atoms with van der Waals surface area (Å²) in [4.78, 5) is 0. The van der Waals surface area contributed by atoms with Crippen molar-refractivity contribution in [3.8, 4) is 5.75 Å². The van der Waals surface area contributed by atoms with Crippen LogP contribution < -0.4 is 10.1 Å². The van der Waals surface area contributed by atoms with Crippen LogP contribution in [0.5, 0.6) is 5.75 Å². The summed E-state index contributed by atoms with van der Waals surface area (Å²) < 4.78 is 5.34. The molecule has 0 aliphatic carbocycles. The lowest BCUT2D eigenvalue weighted by atomic mass is 9.97. The molecule has 3 aromatic carbocycles. The van der Waals surface area contributed by atoms with Crippen LogP contribution in [-0.2, 0) is 6.42 Å². The van der Waals surface area contributed by atoms with Crippen LogP contribution >= 0.6 is 0 Å². The zero-order valence-electron chi connectivity index (χ0n) is 14.9. The van der Waals surface area contributed by atoms with Gasteiger partial charge in [0.2, 0.25) is 0 Å². The Morgan fingerprint density at radius 1 is 0.800 bits per heavy atom. The average Bonchev–Trinajstić information content (AvgIpc) is 2.67. The molecule has 2 heteroatoms. The summed E-state index contributed by atoms with van der Waals surface area (Å²) in [6.07, 6.45) is 0.952. The summed E-state index contributed by atoms with van der Waals surface area (Å²) in [6, 6.07) is 30.1. The van der Waals surface area contributed by atoms with Crippen molar-refractivity contribution >= 4 is 0 Å². The molecule has 128 valence electrons. The maximum Gasteiger partial charge on any atom is 0.119 e. The zero-order chi connectivity index (χ0) is 17.5. The maximum absolute atomic E-state index is 5.34. The fourth-order valence-corrected chi connectivity index (χ4v) is 3.17. The van der Waals surface area contributed by atoms with Crippen molar-refractivity contribution in [2.45, 2.75) is 25.4 Å². The van der Waals surface area contributed by atoms with E-state index in [1.807, 2.05) is 12.1 Å². The van der Waals surface area contributed by atoms with Gasteiger partial charge in [-0.3, -0.25) is 0 Å². The number of benzene rings is 3. The Hall–Kier alpha value is -2.58. The standard InChI is InChI=1S/C23H25NO/c1-18(16-19-10-9-15-22(17-19)25-2)24-23(20-11-5-3-6-12-20)21-13-7-4-8-14-21/h3-15,17-18,23-24H,16H2,1-2H3. The molecule has 0 aliphatic heterocycles. The van der Waals surface area contributed by atoms with Gasteiger partial charge in [-0.1, -0.05) is 72.8 Å². The first-order valence-corrected chi connectivity index (χ1v) is 8.75. The highest BCUT2D eigenvalue weighted by molar-refractivity contribution is 5.32. The van der Waals surface area contributed by atoms with Crippen molar-refractivity contribution in [3.05, 3.63) is 102 Å². The molecule has 0 heterocycles. The molecule has 0 aliphatic rings. The van der Waals surface area contributed by atoms with E-state index in [9.17, 15) is 0 Å². The van der Waals surface area contributed by atoms with Gasteiger partial charge in [0, 0.05) is 6.04 Å². The molecule has 0 aromatic heterocycles. The average molecular weight is 331 g/mol.